The summed E-state index contributed by atoms with van der Waals surface area (Å²) >= 11 is 1.30. The van der Waals surface area contributed by atoms with Gasteiger partial charge in [-0.3, -0.25) is 4.79 Å². The average molecular weight is 298 g/mol. The number of thioether (sulfide) groups is 1. The second-order valence-corrected chi connectivity index (χ2v) is 4.79. The SMILES string of the molecule is CSCC(=O)/C(=C(\O)C#CC#N)c1nc2ccccc2o1. The number of hydrogen-bond donors (Lipinski definition) is 1. The monoisotopic (exact) mass is 298 g/mol. The van der Waals surface area contributed by atoms with Crippen molar-refractivity contribution in [3.63, 3.8) is 0 Å². The number of aliphatic hydroxyl groups excluding tert-OH is 1. The van der Waals surface area contributed by atoms with Crippen molar-refractivity contribution in [3.8, 4) is 17.9 Å². The first-order chi connectivity index (χ1) is 10.2. The number of carbonyl (C=O) groups is 1. The van der Waals surface area contributed by atoms with E-state index in [2.05, 4.69) is 10.9 Å². The van der Waals surface area contributed by atoms with E-state index in [1.165, 1.54) is 11.8 Å². The van der Waals surface area contributed by atoms with Crippen LogP contribution in [-0.2, 0) is 4.79 Å². The van der Waals surface area contributed by atoms with Gasteiger partial charge < -0.3 is 9.52 Å². The second kappa shape index (κ2) is 6.65. The first-order valence-electron chi connectivity index (χ1n) is 5.88. The number of aliphatic hydroxyl groups is 1. The van der Waals surface area contributed by atoms with E-state index < -0.39 is 5.76 Å². The highest BCUT2D eigenvalue weighted by molar-refractivity contribution is 7.99. The molecule has 104 valence electrons. The van der Waals surface area contributed by atoms with Crippen LogP contribution < -0.4 is 0 Å². The molecule has 1 aromatic carbocycles. The summed E-state index contributed by atoms with van der Waals surface area (Å²) in [5.41, 5.74) is 0.967. The van der Waals surface area contributed by atoms with Crippen molar-refractivity contribution in [2.75, 3.05) is 12.0 Å². The highest BCUT2D eigenvalue weighted by atomic mass is 32.2. The number of carbonyl (C=O) groups excluding carboxylic acids is 1. The maximum atomic E-state index is 12.1. The van der Waals surface area contributed by atoms with Crippen LogP contribution in [0.15, 0.2) is 34.4 Å². The third-order valence-electron chi connectivity index (χ3n) is 2.54. The summed E-state index contributed by atoms with van der Waals surface area (Å²) in [6.45, 7) is 0. The molecule has 5 nitrogen and oxygen atoms in total. The number of benzene rings is 1. The lowest BCUT2D eigenvalue weighted by Crippen LogP contribution is -2.07. The molecule has 0 radical (unpaired) electrons. The van der Waals surface area contributed by atoms with E-state index in [0.717, 1.165) is 0 Å². The topological polar surface area (TPSA) is 87.1 Å². The lowest BCUT2D eigenvalue weighted by atomic mass is 10.1. The Morgan fingerprint density at radius 2 is 2.24 bits per heavy atom. The van der Waals surface area contributed by atoms with Crippen LogP contribution in [-0.4, -0.2) is 27.9 Å². The molecule has 21 heavy (non-hydrogen) atoms. The Morgan fingerprint density at radius 1 is 1.48 bits per heavy atom. The number of hydrogen-bond acceptors (Lipinski definition) is 6. The van der Waals surface area contributed by atoms with E-state index in [4.69, 9.17) is 9.68 Å². The number of para-hydroxylation sites is 2. The molecule has 2 rings (SSSR count). The zero-order valence-electron chi connectivity index (χ0n) is 11.1. The van der Waals surface area contributed by atoms with Gasteiger partial charge in [0.2, 0.25) is 5.89 Å². The van der Waals surface area contributed by atoms with E-state index in [1.54, 1.807) is 36.6 Å². The first kappa shape index (κ1) is 14.7. The largest absolute Gasteiger partial charge is 0.500 e. The van der Waals surface area contributed by atoms with Crippen LogP contribution >= 0.6 is 11.8 Å². The smallest absolute Gasteiger partial charge is 0.235 e. The van der Waals surface area contributed by atoms with Crippen molar-refractivity contribution < 1.29 is 14.3 Å². The van der Waals surface area contributed by atoms with Gasteiger partial charge >= 0.3 is 0 Å². The van der Waals surface area contributed by atoms with Gasteiger partial charge in [0.05, 0.1) is 5.75 Å². The second-order valence-electron chi connectivity index (χ2n) is 3.93. The van der Waals surface area contributed by atoms with E-state index in [9.17, 15) is 9.90 Å². The molecule has 0 saturated carbocycles. The summed E-state index contributed by atoms with van der Waals surface area (Å²) in [6.07, 6.45) is 1.76. The molecule has 1 heterocycles. The van der Waals surface area contributed by atoms with Crippen molar-refractivity contribution in [2.45, 2.75) is 0 Å². The zero-order chi connectivity index (χ0) is 15.2. The van der Waals surface area contributed by atoms with Crippen molar-refractivity contribution in [3.05, 3.63) is 35.9 Å². The fraction of sp³-hybridized carbons (Fsp3) is 0.133. The molecule has 1 N–H and O–H groups in total. The van der Waals surface area contributed by atoms with E-state index in [1.807, 2.05) is 5.92 Å². The number of fused-ring (bicyclic) bond motifs is 1. The Kier molecular flexibility index (Phi) is 4.65. The van der Waals surface area contributed by atoms with Gasteiger partial charge in [-0.2, -0.15) is 17.0 Å². The average Bonchev–Trinajstić information content (AvgIpc) is 2.88. The predicted molar refractivity (Wildman–Crippen MR) is 80.3 cm³/mol. The van der Waals surface area contributed by atoms with Gasteiger partial charge in [0.25, 0.3) is 0 Å². The number of nitriles is 1. The first-order valence-corrected chi connectivity index (χ1v) is 7.28. The summed E-state index contributed by atoms with van der Waals surface area (Å²) in [5.74, 6) is 3.53. The van der Waals surface area contributed by atoms with Crippen LogP contribution in [0, 0.1) is 23.2 Å². The molecular formula is C15H10N2O3S. The number of allylic oxidation sites excluding steroid dienone is 2. The molecule has 0 aliphatic heterocycles. The fourth-order valence-corrected chi connectivity index (χ4v) is 2.09. The van der Waals surface area contributed by atoms with Gasteiger partial charge in [0, 0.05) is 5.92 Å². The number of rotatable bonds is 4. The highest BCUT2D eigenvalue weighted by Crippen LogP contribution is 2.24. The third kappa shape index (κ3) is 3.25. The van der Waals surface area contributed by atoms with Crippen LogP contribution in [0.3, 0.4) is 0 Å². The summed E-state index contributed by atoms with van der Waals surface area (Å²) in [4.78, 5) is 16.3. The maximum Gasteiger partial charge on any atom is 0.235 e. The molecule has 0 atom stereocenters. The Bertz CT molecular complexity index is 786. The van der Waals surface area contributed by atoms with Crippen molar-refractivity contribution in [1.82, 2.24) is 4.98 Å². The van der Waals surface area contributed by atoms with Crippen LogP contribution in [0.2, 0.25) is 0 Å². The number of ketones is 1. The van der Waals surface area contributed by atoms with Gasteiger partial charge in [-0.15, -0.1) is 0 Å². The molecule has 2 aromatic rings. The minimum atomic E-state index is -0.512. The fourth-order valence-electron chi connectivity index (χ4n) is 1.68. The third-order valence-corrected chi connectivity index (χ3v) is 3.09. The van der Waals surface area contributed by atoms with Crippen LogP contribution in [0.4, 0.5) is 0 Å². The molecule has 0 amide bonds. The molecule has 0 fully saturated rings. The summed E-state index contributed by atoms with van der Waals surface area (Å²) in [7, 11) is 0. The molecule has 0 spiro atoms. The van der Waals surface area contributed by atoms with Gasteiger partial charge in [-0.1, -0.05) is 12.1 Å². The standard InChI is InChI=1S/C15H10N2O3S/c1-21-9-12(19)14(11(18)6-4-8-16)15-17-10-5-2-3-7-13(10)20-15/h2-3,5,7,18H,9H2,1H3/b14-11+. The van der Waals surface area contributed by atoms with Gasteiger partial charge in [-0.05, 0) is 24.3 Å². The molecule has 0 aliphatic carbocycles. The lowest BCUT2D eigenvalue weighted by Gasteiger charge is -2.01. The Morgan fingerprint density at radius 3 is 2.90 bits per heavy atom. The predicted octanol–water partition coefficient (Wildman–Crippen LogP) is 2.56. The number of Topliss-reactive ketones (excluding diaryl/α,β-unsaturated/α-hetero) is 1. The highest BCUT2D eigenvalue weighted by Gasteiger charge is 2.22. The molecule has 0 unspecified atom stereocenters. The molecule has 0 saturated heterocycles. The molecule has 0 aliphatic rings. The summed E-state index contributed by atoms with van der Waals surface area (Å²) in [6, 6.07) is 8.59. The number of nitrogens with zero attached hydrogens (tertiary/aromatic N) is 2. The zero-order valence-corrected chi connectivity index (χ0v) is 11.9. The van der Waals surface area contributed by atoms with Crippen molar-refractivity contribution in [1.29, 1.82) is 5.26 Å². The quantitative estimate of drug-likeness (QED) is 0.530. The van der Waals surface area contributed by atoms with Crippen LogP contribution in [0.5, 0.6) is 0 Å². The number of oxazole rings is 1. The Labute approximate surface area is 125 Å². The van der Waals surface area contributed by atoms with Gasteiger partial charge in [-0.25, -0.2) is 4.98 Å². The van der Waals surface area contributed by atoms with Crippen molar-refractivity contribution >= 4 is 34.2 Å². The van der Waals surface area contributed by atoms with Crippen molar-refractivity contribution in [2.24, 2.45) is 0 Å². The van der Waals surface area contributed by atoms with Crippen LogP contribution in [0.25, 0.3) is 16.7 Å². The molecule has 1 aromatic heterocycles. The van der Waals surface area contributed by atoms with Crippen LogP contribution in [0.1, 0.15) is 5.89 Å². The Hall–Kier alpha value is -2.70. The molecule has 0 bridgehead atoms. The van der Waals surface area contributed by atoms with E-state index >= 15 is 0 Å². The number of aromatic nitrogens is 1. The lowest BCUT2D eigenvalue weighted by molar-refractivity contribution is -0.111. The van der Waals surface area contributed by atoms with Gasteiger partial charge in [0.1, 0.15) is 11.1 Å². The summed E-state index contributed by atoms with van der Waals surface area (Å²) in [5, 5.41) is 18.4. The Balaban J connectivity index is 2.59. The summed E-state index contributed by atoms with van der Waals surface area (Å²) < 4.78 is 5.49. The minimum Gasteiger partial charge on any atom is -0.500 e. The maximum absolute atomic E-state index is 12.1. The van der Waals surface area contributed by atoms with E-state index in [-0.39, 0.29) is 23.0 Å². The molecular weight excluding hydrogens is 288 g/mol. The van der Waals surface area contributed by atoms with Gasteiger partial charge in [0.15, 0.2) is 23.2 Å². The molecule has 6 heteroatoms. The minimum absolute atomic E-state index is 0.00000945. The van der Waals surface area contributed by atoms with E-state index in [0.29, 0.717) is 11.1 Å². The normalized spacial score (nSPS) is 11.2.